The number of carboxylic acid groups (broad SMARTS) is 1. The predicted octanol–water partition coefficient (Wildman–Crippen LogP) is 5.06. The number of carbonyl (C=O) groups is 3. The van der Waals surface area contributed by atoms with Crippen LogP contribution in [0, 0.1) is 11.3 Å². The lowest BCUT2D eigenvalue weighted by atomic mass is 9.66. The lowest BCUT2D eigenvalue weighted by Crippen LogP contribution is -2.60. The fraction of sp³-hybridized carbons (Fsp3) is 0.483. The number of carbonyl (C=O) groups excluding carboxylic acids is 2. The minimum absolute atomic E-state index is 0.0119. The van der Waals surface area contributed by atoms with E-state index in [4.69, 9.17) is 11.6 Å². The van der Waals surface area contributed by atoms with Crippen molar-refractivity contribution in [2.45, 2.75) is 65.5 Å². The first kappa shape index (κ1) is 28.7. The number of rotatable bonds is 7. The highest BCUT2D eigenvalue weighted by Gasteiger charge is 2.50. The van der Waals surface area contributed by atoms with Crippen molar-refractivity contribution in [1.29, 1.82) is 0 Å². The summed E-state index contributed by atoms with van der Waals surface area (Å²) in [5.74, 6) is -2.04. The van der Waals surface area contributed by atoms with E-state index in [2.05, 4.69) is 5.32 Å². The van der Waals surface area contributed by atoms with Crippen LogP contribution >= 0.6 is 11.6 Å². The standard InChI is InChI=1S/C29H37ClN2O5/c1-17(2)22-12-7-19(15-23(22)27(35)36)25(33)31-24(18(3)4)26(34)32-14-13-29(37,28(5,6)16-32)20-8-10-21(30)11-9-20/h7-12,15,17-18,24,37H,13-14,16H2,1-6H3,(H,31,33)(H,35,36). The smallest absolute Gasteiger partial charge is 0.335 e. The molecular formula is C29H37ClN2O5. The average molecular weight is 529 g/mol. The van der Waals surface area contributed by atoms with E-state index in [9.17, 15) is 24.6 Å². The molecule has 2 unspecified atom stereocenters. The number of benzene rings is 2. The summed E-state index contributed by atoms with van der Waals surface area (Å²) in [7, 11) is 0. The Labute approximate surface area is 223 Å². The summed E-state index contributed by atoms with van der Waals surface area (Å²) in [5, 5.41) is 24.7. The molecule has 200 valence electrons. The monoisotopic (exact) mass is 528 g/mol. The van der Waals surface area contributed by atoms with Gasteiger partial charge in [-0.2, -0.15) is 0 Å². The van der Waals surface area contributed by atoms with Gasteiger partial charge < -0.3 is 20.4 Å². The van der Waals surface area contributed by atoms with Crippen LogP contribution in [0.3, 0.4) is 0 Å². The van der Waals surface area contributed by atoms with E-state index in [0.29, 0.717) is 30.1 Å². The van der Waals surface area contributed by atoms with Gasteiger partial charge in [0.1, 0.15) is 6.04 Å². The number of nitrogens with one attached hydrogen (secondary N) is 1. The number of halogens is 1. The SMILES string of the molecule is CC(C)c1ccc(C(=O)NC(C(=O)N2CCC(O)(c3ccc(Cl)cc3)C(C)(C)C2)C(C)C)cc1C(=O)O. The van der Waals surface area contributed by atoms with Crippen molar-refractivity contribution in [3.8, 4) is 0 Å². The van der Waals surface area contributed by atoms with Gasteiger partial charge in [0.25, 0.3) is 5.91 Å². The molecule has 1 heterocycles. The number of likely N-dealkylation sites (tertiary alicyclic amines) is 1. The van der Waals surface area contributed by atoms with Crippen molar-refractivity contribution < 1.29 is 24.6 Å². The molecule has 3 N–H and O–H groups in total. The molecule has 3 rings (SSSR count). The number of hydrogen-bond acceptors (Lipinski definition) is 4. The molecule has 8 heteroatoms. The van der Waals surface area contributed by atoms with E-state index in [-0.39, 0.29) is 28.9 Å². The second-order valence-electron chi connectivity index (χ2n) is 11.2. The summed E-state index contributed by atoms with van der Waals surface area (Å²) >= 11 is 6.03. The molecular weight excluding hydrogens is 492 g/mol. The Kier molecular flexibility index (Phi) is 8.40. The van der Waals surface area contributed by atoms with Crippen LogP contribution in [-0.4, -0.2) is 52.0 Å². The molecule has 37 heavy (non-hydrogen) atoms. The largest absolute Gasteiger partial charge is 0.478 e. The molecule has 1 saturated heterocycles. The Morgan fingerprint density at radius 1 is 1.03 bits per heavy atom. The highest BCUT2D eigenvalue weighted by molar-refractivity contribution is 6.30. The van der Waals surface area contributed by atoms with Crippen molar-refractivity contribution in [3.05, 3.63) is 69.7 Å². The molecule has 0 aliphatic carbocycles. The average Bonchev–Trinajstić information content (AvgIpc) is 2.83. The third kappa shape index (κ3) is 5.83. The zero-order chi connectivity index (χ0) is 27.7. The summed E-state index contributed by atoms with van der Waals surface area (Å²) in [6.45, 7) is 12.0. The van der Waals surface area contributed by atoms with Crippen LogP contribution in [0.2, 0.25) is 5.02 Å². The minimum Gasteiger partial charge on any atom is -0.478 e. The van der Waals surface area contributed by atoms with Gasteiger partial charge in [-0.15, -0.1) is 0 Å². The maximum Gasteiger partial charge on any atom is 0.335 e. The molecule has 2 atom stereocenters. The Bertz CT molecular complexity index is 1180. The van der Waals surface area contributed by atoms with Crippen LogP contribution < -0.4 is 5.32 Å². The maximum atomic E-state index is 13.6. The molecule has 1 fully saturated rings. The summed E-state index contributed by atoms with van der Waals surface area (Å²) in [5.41, 5.74) is -0.142. The number of aliphatic hydroxyl groups is 1. The van der Waals surface area contributed by atoms with Crippen LogP contribution in [0.5, 0.6) is 0 Å². The van der Waals surface area contributed by atoms with Gasteiger partial charge in [-0.25, -0.2) is 4.79 Å². The Morgan fingerprint density at radius 3 is 2.16 bits per heavy atom. The first-order valence-electron chi connectivity index (χ1n) is 12.6. The van der Waals surface area contributed by atoms with Crippen molar-refractivity contribution in [2.75, 3.05) is 13.1 Å². The maximum absolute atomic E-state index is 13.6. The summed E-state index contributed by atoms with van der Waals surface area (Å²) in [4.78, 5) is 40.2. The molecule has 2 aromatic rings. The topological polar surface area (TPSA) is 107 Å². The Hall–Kier alpha value is -2.90. The molecule has 0 spiro atoms. The number of amides is 2. The molecule has 7 nitrogen and oxygen atoms in total. The highest BCUT2D eigenvalue weighted by atomic mass is 35.5. The number of piperidine rings is 1. The van der Waals surface area contributed by atoms with Gasteiger partial charge in [0.2, 0.25) is 5.91 Å². The lowest BCUT2D eigenvalue weighted by molar-refractivity contribution is -0.155. The highest BCUT2D eigenvalue weighted by Crippen LogP contribution is 2.46. The molecule has 1 aliphatic rings. The third-order valence-electron chi connectivity index (χ3n) is 7.47. The fourth-order valence-electron chi connectivity index (χ4n) is 5.09. The van der Waals surface area contributed by atoms with Gasteiger partial charge >= 0.3 is 5.97 Å². The number of nitrogens with zero attached hydrogens (tertiary/aromatic N) is 1. The summed E-state index contributed by atoms with van der Waals surface area (Å²) in [6, 6.07) is 10.9. The molecule has 0 aromatic heterocycles. The lowest BCUT2D eigenvalue weighted by Gasteiger charge is -2.51. The van der Waals surface area contributed by atoms with Crippen LogP contribution in [0.1, 0.15) is 85.7 Å². The van der Waals surface area contributed by atoms with Crippen molar-refractivity contribution in [2.24, 2.45) is 11.3 Å². The predicted molar refractivity (Wildman–Crippen MR) is 144 cm³/mol. The van der Waals surface area contributed by atoms with E-state index in [1.807, 2.05) is 53.7 Å². The quantitative estimate of drug-likeness (QED) is 0.465. The van der Waals surface area contributed by atoms with Crippen molar-refractivity contribution >= 4 is 29.4 Å². The molecule has 1 aliphatic heterocycles. The molecule has 2 aromatic carbocycles. The van der Waals surface area contributed by atoms with Gasteiger partial charge in [0.15, 0.2) is 0 Å². The molecule has 0 bridgehead atoms. The Morgan fingerprint density at radius 2 is 1.65 bits per heavy atom. The fourth-order valence-corrected chi connectivity index (χ4v) is 5.22. The van der Waals surface area contributed by atoms with E-state index in [1.165, 1.54) is 6.07 Å². The van der Waals surface area contributed by atoms with E-state index < -0.39 is 28.9 Å². The van der Waals surface area contributed by atoms with Gasteiger partial charge in [-0.1, -0.05) is 71.3 Å². The number of aromatic carboxylic acids is 1. The normalized spacial score (nSPS) is 20.1. The minimum atomic E-state index is -1.14. The first-order chi connectivity index (χ1) is 17.2. The number of hydrogen-bond donors (Lipinski definition) is 3. The Balaban J connectivity index is 1.80. The second-order valence-corrected chi connectivity index (χ2v) is 11.7. The van der Waals surface area contributed by atoms with Crippen LogP contribution in [0.4, 0.5) is 0 Å². The molecule has 2 amide bonds. The van der Waals surface area contributed by atoms with Crippen molar-refractivity contribution in [1.82, 2.24) is 10.2 Å². The van der Waals surface area contributed by atoms with Crippen molar-refractivity contribution in [3.63, 3.8) is 0 Å². The van der Waals surface area contributed by atoms with E-state index in [0.717, 1.165) is 5.56 Å². The van der Waals surface area contributed by atoms with Gasteiger partial charge in [-0.05, 0) is 53.6 Å². The van der Waals surface area contributed by atoms with Gasteiger partial charge in [0.05, 0.1) is 11.2 Å². The zero-order valence-electron chi connectivity index (χ0n) is 22.3. The van der Waals surface area contributed by atoms with Gasteiger partial charge in [0, 0.05) is 29.1 Å². The van der Waals surface area contributed by atoms with E-state index >= 15 is 0 Å². The molecule has 0 saturated carbocycles. The summed E-state index contributed by atoms with van der Waals surface area (Å²) in [6.07, 6.45) is 0.338. The van der Waals surface area contributed by atoms with Crippen LogP contribution in [0.25, 0.3) is 0 Å². The third-order valence-corrected chi connectivity index (χ3v) is 7.72. The second kappa shape index (κ2) is 10.8. The number of carboxylic acids is 1. The van der Waals surface area contributed by atoms with Gasteiger partial charge in [-0.3, -0.25) is 9.59 Å². The van der Waals surface area contributed by atoms with Crippen LogP contribution in [-0.2, 0) is 10.4 Å². The van der Waals surface area contributed by atoms with E-state index in [1.54, 1.807) is 29.2 Å². The van der Waals surface area contributed by atoms with Crippen LogP contribution in [0.15, 0.2) is 42.5 Å². The molecule has 0 radical (unpaired) electrons. The zero-order valence-corrected chi connectivity index (χ0v) is 23.1. The summed E-state index contributed by atoms with van der Waals surface area (Å²) < 4.78 is 0. The first-order valence-corrected chi connectivity index (χ1v) is 13.0.